The van der Waals surface area contributed by atoms with Gasteiger partial charge in [-0.05, 0) is 60.7 Å². The fourth-order valence-electron chi connectivity index (χ4n) is 4.85. The van der Waals surface area contributed by atoms with Gasteiger partial charge < -0.3 is 14.3 Å². The van der Waals surface area contributed by atoms with Gasteiger partial charge in [-0.3, -0.25) is 0 Å². The number of hydrogen-bond acceptors (Lipinski definition) is 2. The summed E-state index contributed by atoms with van der Waals surface area (Å²) in [5.74, 6) is 0. The standard InChI is InChI=1S/C30H20N2O/c1-3-9-20(10-4-1)32(21-11-5-2-6-12-21)22-15-16-27-24(17-22)25-19-30-26(18-28(25)31-27)23-13-7-8-14-29(23)33-30/h1-19,31H. The molecule has 0 aliphatic rings. The summed E-state index contributed by atoms with van der Waals surface area (Å²) < 4.78 is 6.17. The van der Waals surface area contributed by atoms with Crippen molar-refractivity contribution in [3.05, 3.63) is 115 Å². The van der Waals surface area contributed by atoms with Crippen LogP contribution < -0.4 is 4.90 Å². The first-order chi connectivity index (χ1) is 16.3. The van der Waals surface area contributed by atoms with Crippen molar-refractivity contribution in [2.45, 2.75) is 0 Å². The highest BCUT2D eigenvalue weighted by Crippen LogP contribution is 2.39. The zero-order valence-electron chi connectivity index (χ0n) is 17.8. The number of furan rings is 1. The van der Waals surface area contributed by atoms with E-state index in [1.54, 1.807) is 0 Å². The first-order valence-electron chi connectivity index (χ1n) is 11.1. The van der Waals surface area contributed by atoms with Crippen LogP contribution in [0, 0.1) is 0 Å². The summed E-state index contributed by atoms with van der Waals surface area (Å²) in [7, 11) is 0. The van der Waals surface area contributed by atoms with Gasteiger partial charge in [0, 0.05) is 49.6 Å². The molecule has 1 N–H and O–H groups in total. The first kappa shape index (κ1) is 18.1. The maximum atomic E-state index is 6.17. The SMILES string of the molecule is c1ccc(N(c2ccccc2)c2ccc3[nH]c4cc5c(cc4c3c2)oc2ccccc25)cc1. The molecule has 3 heteroatoms. The quantitative estimate of drug-likeness (QED) is 0.308. The van der Waals surface area contributed by atoms with Crippen LogP contribution in [0.25, 0.3) is 43.7 Å². The van der Waals surface area contributed by atoms with Gasteiger partial charge >= 0.3 is 0 Å². The Kier molecular flexibility index (Phi) is 3.84. The maximum Gasteiger partial charge on any atom is 0.136 e. The summed E-state index contributed by atoms with van der Waals surface area (Å²) in [5, 5.41) is 4.63. The molecule has 0 aliphatic heterocycles. The second-order valence-corrected chi connectivity index (χ2v) is 8.35. The minimum Gasteiger partial charge on any atom is -0.456 e. The third-order valence-corrected chi connectivity index (χ3v) is 6.37. The highest BCUT2D eigenvalue weighted by molar-refractivity contribution is 6.16. The van der Waals surface area contributed by atoms with Crippen LogP contribution in [0.4, 0.5) is 17.1 Å². The lowest BCUT2D eigenvalue weighted by Crippen LogP contribution is -2.09. The molecule has 0 aliphatic carbocycles. The van der Waals surface area contributed by atoms with Crippen LogP contribution in [-0.4, -0.2) is 4.98 Å². The molecule has 0 radical (unpaired) electrons. The lowest BCUT2D eigenvalue weighted by molar-refractivity contribution is 0.669. The molecule has 0 spiro atoms. The molecule has 0 fully saturated rings. The highest BCUT2D eigenvalue weighted by Gasteiger charge is 2.15. The normalized spacial score (nSPS) is 11.6. The number of hydrogen-bond donors (Lipinski definition) is 1. The Morgan fingerprint density at radius 2 is 1.12 bits per heavy atom. The largest absolute Gasteiger partial charge is 0.456 e. The summed E-state index contributed by atoms with van der Waals surface area (Å²) in [6.45, 7) is 0. The summed E-state index contributed by atoms with van der Waals surface area (Å²) in [5.41, 5.74) is 7.44. The molecule has 33 heavy (non-hydrogen) atoms. The van der Waals surface area contributed by atoms with Gasteiger partial charge in [-0.1, -0.05) is 54.6 Å². The highest BCUT2D eigenvalue weighted by atomic mass is 16.3. The number of H-pyrrole nitrogens is 1. The minimum atomic E-state index is 0.915. The number of rotatable bonds is 3. The number of aromatic nitrogens is 1. The molecule has 0 unspecified atom stereocenters. The van der Waals surface area contributed by atoms with Gasteiger partial charge in [-0.25, -0.2) is 0 Å². The summed E-state index contributed by atoms with van der Waals surface area (Å²) in [4.78, 5) is 5.90. The fraction of sp³-hybridized carbons (Fsp3) is 0. The number of benzene rings is 5. The van der Waals surface area contributed by atoms with Gasteiger partial charge in [0.2, 0.25) is 0 Å². The molecule has 0 atom stereocenters. The Morgan fingerprint density at radius 3 is 1.88 bits per heavy atom. The molecule has 2 heterocycles. The van der Waals surface area contributed by atoms with Crippen molar-refractivity contribution in [2.75, 3.05) is 4.90 Å². The van der Waals surface area contributed by atoms with E-state index in [0.29, 0.717) is 0 Å². The van der Waals surface area contributed by atoms with Crippen molar-refractivity contribution < 1.29 is 4.42 Å². The van der Waals surface area contributed by atoms with Crippen LogP contribution >= 0.6 is 0 Å². The maximum absolute atomic E-state index is 6.17. The fourth-order valence-corrected chi connectivity index (χ4v) is 4.85. The van der Waals surface area contributed by atoms with Crippen LogP contribution in [0.1, 0.15) is 0 Å². The number of fused-ring (bicyclic) bond motifs is 6. The Hall–Kier alpha value is -4.50. The van der Waals surface area contributed by atoms with Crippen molar-refractivity contribution in [3.63, 3.8) is 0 Å². The van der Waals surface area contributed by atoms with Crippen molar-refractivity contribution in [1.29, 1.82) is 0 Å². The van der Waals surface area contributed by atoms with E-state index in [-0.39, 0.29) is 0 Å². The lowest BCUT2D eigenvalue weighted by Gasteiger charge is -2.25. The third-order valence-electron chi connectivity index (χ3n) is 6.37. The lowest BCUT2D eigenvalue weighted by atomic mass is 10.1. The Labute approximate surface area is 190 Å². The van der Waals surface area contributed by atoms with E-state index in [1.807, 2.05) is 24.3 Å². The zero-order chi connectivity index (χ0) is 21.8. The van der Waals surface area contributed by atoms with Crippen molar-refractivity contribution >= 4 is 60.8 Å². The molecule has 0 saturated heterocycles. The summed E-state index contributed by atoms with van der Waals surface area (Å²) in [6.07, 6.45) is 0. The van der Waals surface area contributed by atoms with E-state index < -0.39 is 0 Å². The van der Waals surface area contributed by atoms with Crippen LogP contribution in [-0.2, 0) is 0 Å². The van der Waals surface area contributed by atoms with E-state index >= 15 is 0 Å². The topological polar surface area (TPSA) is 32.2 Å². The molecule has 7 aromatic rings. The van der Waals surface area contributed by atoms with Crippen LogP contribution in [0.3, 0.4) is 0 Å². The number of anilines is 3. The minimum absolute atomic E-state index is 0.915. The Morgan fingerprint density at radius 1 is 0.455 bits per heavy atom. The first-order valence-corrected chi connectivity index (χ1v) is 11.1. The van der Waals surface area contributed by atoms with Gasteiger partial charge in [0.1, 0.15) is 11.2 Å². The molecular formula is C30H20N2O. The van der Waals surface area contributed by atoms with Crippen LogP contribution in [0.2, 0.25) is 0 Å². The monoisotopic (exact) mass is 424 g/mol. The molecule has 0 bridgehead atoms. The predicted molar refractivity (Wildman–Crippen MR) is 138 cm³/mol. The molecule has 3 nitrogen and oxygen atoms in total. The van der Waals surface area contributed by atoms with Crippen molar-refractivity contribution in [2.24, 2.45) is 0 Å². The molecule has 156 valence electrons. The molecule has 0 saturated carbocycles. The third kappa shape index (κ3) is 2.83. The van der Waals surface area contributed by atoms with Gasteiger partial charge in [0.25, 0.3) is 0 Å². The number of aromatic amines is 1. The molecule has 7 rings (SSSR count). The predicted octanol–water partition coefficient (Wildman–Crippen LogP) is 8.69. The average molecular weight is 425 g/mol. The van der Waals surface area contributed by atoms with E-state index in [9.17, 15) is 0 Å². The Balaban J connectivity index is 1.47. The van der Waals surface area contributed by atoms with E-state index in [4.69, 9.17) is 4.42 Å². The van der Waals surface area contributed by atoms with Crippen molar-refractivity contribution in [1.82, 2.24) is 4.98 Å². The smallest absolute Gasteiger partial charge is 0.136 e. The summed E-state index contributed by atoms with van der Waals surface area (Å²) in [6, 6.07) is 40.2. The van der Waals surface area contributed by atoms with E-state index in [2.05, 4.69) is 101 Å². The second kappa shape index (κ2) is 7.01. The Bertz CT molecular complexity index is 1720. The van der Waals surface area contributed by atoms with Crippen molar-refractivity contribution in [3.8, 4) is 0 Å². The zero-order valence-corrected chi connectivity index (χ0v) is 17.8. The molecule has 0 amide bonds. The van der Waals surface area contributed by atoms with Gasteiger partial charge in [0.05, 0.1) is 0 Å². The van der Waals surface area contributed by atoms with Crippen LogP contribution in [0.5, 0.6) is 0 Å². The second-order valence-electron chi connectivity index (χ2n) is 8.35. The van der Waals surface area contributed by atoms with Gasteiger partial charge in [0.15, 0.2) is 0 Å². The van der Waals surface area contributed by atoms with E-state index in [1.165, 1.54) is 10.8 Å². The van der Waals surface area contributed by atoms with Gasteiger partial charge in [-0.15, -0.1) is 0 Å². The number of nitrogens with zero attached hydrogens (tertiary/aromatic N) is 1. The van der Waals surface area contributed by atoms with E-state index in [0.717, 1.165) is 50.0 Å². The average Bonchev–Trinajstić information content (AvgIpc) is 3.41. The van der Waals surface area contributed by atoms with Crippen LogP contribution in [0.15, 0.2) is 120 Å². The molecular weight excluding hydrogens is 404 g/mol. The molecule has 5 aromatic carbocycles. The molecule has 2 aromatic heterocycles. The summed E-state index contributed by atoms with van der Waals surface area (Å²) >= 11 is 0. The number of nitrogens with one attached hydrogen (secondary N) is 1. The van der Waals surface area contributed by atoms with Gasteiger partial charge in [-0.2, -0.15) is 0 Å². The number of para-hydroxylation sites is 3.